The van der Waals surface area contributed by atoms with Crippen molar-refractivity contribution in [2.24, 2.45) is 7.05 Å². The summed E-state index contributed by atoms with van der Waals surface area (Å²) in [5, 5.41) is 18.6. The fourth-order valence-electron chi connectivity index (χ4n) is 6.87. The molecule has 5 aromatic rings. The number of unbranched alkanes of at least 4 members (excludes halogenated alkanes) is 1. The van der Waals surface area contributed by atoms with Crippen LogP contribution in [-0.4, -0.2) is 68.8 Å². The molecule has 10 nitrogen and oxygen atoms in total. The van der Waals surface area contributed by atoms with Gasteiger partial charge in [-0.2, -0.15) is 5.10 Å². The first kappa shape index (κ1) is 38.7. The van der Waals surface area contributed by atoms with Crippen LogP contribution in [0.5, 0.6) is 5.75 Å². The van der Waals surface area contributed by atoms with E-state index in [1.54, 1.807) is 23.6 Å². The van der Waals surface area contributed by atoms with Crippen molar-refractivity contribution in [3.05, 3.63) is 82.3 Å². The van der Waals surface area contributed by atoms with Gasteiger partial charge < -0.3 is 28.8 Å². The Hall–Kier alpha value is -4.54. The number of aromatic nitrogens is 3. The lowest BCUT2D eigenvalue weighted by Gasteiger charge is -2.24. The average Bonchev–Trinajstić information content (AvgIpc) is 3.60. The second kappa shape index (κ2) is 16.9. The third kappa shape index (κ3) is 8.40. The molecule has 52 heavy (non-hydrogen) atoms. The lowest BCUT2D eigenvalue weighted by molar-refractivity contribution is 0.0296. The van der Waals surface area contributed by atoms with E-state index in [9.17, 15) is 14.7 Å². The standard InChI is InChI=1S/C41H51ClN4O6/c1-8-33-36(32(26-47)43-45(33)7)35-31(42)22-21-30-29(19-15-25-51-34-20-14-17-27-16-10-11-18-28(27)34)38(39(48)50-9-2)46(37(30)35)24-13-12-23-44(6)40(49)52-41(3,4)5/h10-11,14,16-18,20-22,47H,8-9,12-13,15,19,23-26H2,1-7H3. The first-order chi connectivity index (χ1) is 24.9. The van der Waals surface area contributed by atoms with Gasteiger partial charge in [0.1, 0.15) is 17.0 Å². The number of carbonyl (C=O) groups is 2. The molecule has 0 fully saturated rings. The minimum absolute atomic E-state index is 0.218. The van der Waals surface area contributed by atoms with E-state index in [4.69, 9.17) is 25.8 Å². The van der Waals surface area contributed by atoms with Crippen LogP contribution in [0.4, 0.5) is 4.79 Å². The van der Waals surface area contributed by atoms with Gasteiger partial charge in [-0.3, -0.25) is 4.68 Å². The number of hydrogen-bond donors (Lipinski definition) is 1. The highest BCUT2D eigenvalue weighted by atomic mass is 35.5. The maximum Gasteiger partial charge on any atom is 0.410 e. The van der Waals surface area contributed by atoms with Crippen molar-refractivity contribution < 1.29 is 28.9 Å². The lowest BCUT2D eigenvalue weighted by atomic mass is 9.97. The SMILES string of the molecule is CCOC(=O)c1c(CCCOc2cccc3ccccc23)c2ccc(Cl)c(-c3c(CO)nn(C)c3CC)c2n1CCCCN(C)C(=O)OC(C)(C)C. The van der Waals surface area contributed by atoms with E-state index in [-0.39, 0.29) is 19.3 Å². The van der Waals surface area contributed by atoms with E-state index in [0.717, 1.165) is 49.8 Å². The Kier molecular flexibility index (Phi) is 12.5. The third-order valence-electron chi connectivity index (χ3n) is 9.13. The molecule has 0 bridgehead atoms. The molecule has 0 aliphatic carbocycles. The van der Waals surface area contributed by atoms with Crippen LogP contribution in [0.15, 0.2) is 54.6 Å². The second-order valence-electron chi connectivity index (χ2n) is 14.0. The third-order valence-corrected chi connectivity index (χ3v) is 9.44. The highest BCUT2D eigenvalue weighted by Crippen LogP contribution is 2.43. The molecule has 0 atom stereocenters. The van der Waals surface area contributed by atoms with Gasteiger partial charge in [-0.25, -0.2) is 9.59 Å². The second-order valence-corrected chi connectivity index (χ2v) is 14.4. The van der Waals surface area contributed by atoms with Crippen LogP contribution in [0, 0.1) is 0 Å². The number of fused-ring (bicyclic) bond motifs is 2. The molecule has 0 spiro atoms. The summed E-state index contributed by atoms with van der Waals surface area (Å²) >= 11 is 7.09. The van der Waals surface area contributed by atoms with Crippen molar-refractivity contribution >= 4 is 45.3 Å². The van der Waals surface area contributed by atoms with Gasteiger partial charge in [-0.15, -0.1) is 0 Å². The van der Waals surface area contributed by atoms with Crippen molar-refractivity contribution in [1.29, 1.82) is 0 Å². The van der Waals surface area contributed by atoms with Crippen molar-refractivity contribution in [1.82, 2.24) is 19.2 Å². The molecule has 0 radical (unpaired) electrons. The smallest absolute Gasteiger partial charge is 0.410 e. The molecule has 0 saturated carbocycles. The van der Waals surface area contributed by atoms with Crippen molar-refractivity contribution in [3.8, 4) is 16.9 Å². The van der Waals surface area contributed by atoms with Crippen LogP contribution >= 0.6 is 11.6 Å². The molecule has 11 heteroatoms. The van der Waals surface area contributed by atoms with Gasteiger partial charge in [0.2, 0.25) is 0 Å². The number of amides is 1. The first-order valence-electron chi connectivity index (χ1n) is 18.1. The van der Waals surface area contributed by atoms with Crippen molar-refractivity contribution in [3.63, 3.8) is 0 Å². The fourth-order valence-corrected chi connectivity index (χ4v) is 7.11. The highest BCUT2D eigenvalue weighted by Gasteiger charge is 2.29. The molecular weight excluding hydrogens is 680 g/mol. The maximum absolute atomic E-state index is 14.0. The molecule has 0 aliphatic rings. The number of ether oxygens (including phenoxy) is 3. The number of aliphatic hydroxyl groups excluding tert-OH is 1. The van der Waals surface area contributed by atoms with Crippen LogP contribution in [0.2, 0.25) is 5.02 Å². The summed E-state index contributed by atoms with van der Waals surface area (Å²) in [6.07, 6.45) is 2.78. The molecule has 1 amide bonds. The van der Waals surface area contributed by atoms with Gasteiger partial charge in [0.05, 0.1) is 36.1 Å². The predicted molar refractivity (Wildman–Crippen MR) is 206 cm³/mol. The summed E-state index contributed by atoms with van der Waals surface area (Å²) in [5.74, 6) is 0.401. The molecule has 2 aromatic heterocycles. The Balaban J connectivity index is 1.56. The van der Waals surface area contributed by atoms with Gasteiger partial charge in [0.25, 0.3) is 0 Å². The van der Waals surface area contributed by atoms with Gasteiger partial charge in [-0.1, -0.05) is 61.0 Å². The predicted octanol–water partition coefficient (Wildman–Crippen LogP) is 8.74. The summed E-state index contributed by atoms with van der Waals surface area (Å²) in [4.78, 5) is 28.2. The van der Waals surface area contributed by atoms with E-state index in [1.807, 2.05) is 75.7 Å². The van der Waals surface area contributed by atoms with E-state index in [0.29, 0.717) is 68.2 Å². The maximum atomic E-state index is 14.0. The monoisotopic (exact) mass is 730 g/mol. The Morgan fingerprint density at radius 3 is 2.42 bits per heavy atom. The summed E-state index contributed by atoms with van der Waals surface area (Å²) in [5.41, 5.74) is 4.46. The van der Waals surface area contributed by atoms with Crippen LogP contribution < -0.4 is 4.74 Å². The summed E-state index contributed by atoms with van der Waals surface area (Å²) in [6, 6.07) is 18.0. The van der Waals surface area contributed by atoms with Gasteiger partial charge in [-0.05, 0) is 82.9 Å². The number of rotatable bonds is 15. The number of hydrogen-bond acceptors (Lipinski definition) is 7. The zero-order valence-corrected chi connectivity index (χ0v) is 32.2. The average molecular weight is 731 g/mol. The van der Waals surface area contributed by atoms with Crippen molar-refractivity contribution in [2.45, 2.75) is 85.5 Å². The molecular formula is C41H51ClN4O6. The Morgan fingerprint density at radius 2 is 1.71 bits per heavy atom. The van der Waals surface area contributed by atoms with Crippen molar-refractivity contribution in [2.75, 3.05) is 26.8 Å². The van der Waals surface area contributed by atoms with Gasteiger partial charge >= 0.3 is 12.1 Å². The molecule has 1 N–H and O–H groups in total. The number of halogens is 1. The summed E-state index contributed by atoms with van der Waals surface area (Å²) < 4.78 is 21.4. The largest absolute Gasteiger partial charge is 0.493 e. The number of aliphatic hydroxyl groups is 1. The van der Waals surface area contributed by atoms with Crippen LogP contribution in [0.1, 0.15) is 81.3 Å². The number of carbonyl (C=O) groups excluding carboxylic acids is 2. The molecule has 3 aromatic carbocycles. The number of benzene rings is 3. The van der Waals surface area contributed by atoms with E-state index in [1.165, 1.54) is 0 Å². The normalized spacial score (nSPS) is 11.7. The van der Waals surface area contributed by atoms with Crippen LogP contribution in [-0.2, 0) is 42.5 Å². The van der Waals surface area contributed by atoms with Gasteiger partial charge in [0, 0.05) is 54.8 Å². The Morgan fingerprint density at radius 1 is 0.962 bits per heavy atom. The molecule has 0 aliphatic heterocycles. The number of esters is 1. The Bertz CT molecular complexity index is 2040. The zero-order valence-electron chi connectivity index (χ0n) is 31.4. The van der Waals surface area contributed by atoms with E-state index >= 15 is 0 Å². The van der Waals surface area contributed by atoms with E-state index < -0.39 is 11.6 Å². The minimum atomic E-state index is -0.590. The van der Waals surface area contributed by atoms with Gasteiger partial charge in [0.15, 0.2) is 0 Å². The number of nitrogens with zero attached hydrogens (tertiary/aromatic N) is 4. The Labute approximate surface area is 311 Å². The van der Waals surface area contributed by atoms with Crippen LogP contribution in [0.25, 0.3) is 32.8 Å². The molecule has 5 rings (SSSR count). The van der Waals surface area contributed by atoms with Crippen LogP contribution in [0.3, 0.4) is 0 Å². The van der Waals surface area contributed by atoms with E-state index in [2.05, 4.69) is 23.3 Å². The first-order valence-corrected chi connectivity index (χ1v) is 18.5. The minimum Gasteiger partial charge on any atom is -0.493 e. The molecule has 278 valence electrons. The molecule has 2 heterocycles. The topological polar surface area (TPSA) is 108 Å². The fraction of sp³-hybridized carbons (Fsp3) is 0.439. The lowest BCUT2D eigenvalue weighted by Crippen LogP contribution is -2.34. The summed E-state index contributed by atoms with van der Waals surface area (Å²) in [7, 11) is 3.59. The molecule has 0 unspecified atom stereocenters. The number of aryl methyl sites for hydroxylation is 3. The molecule has 0 saturated heterocycles. The zero-order chi connectivity index (χ0) is 37.6. The summed E-state index contributed by atoms with van der Waals surface area (Å²) in [6.45, 7) is 10.7. The highest BCUT2D eigenvalue weighted by molar-refractivity contribution is 6.35. The quantitative estimate of drug-likeness (QED) is 0.0848.